The highest BCUT2D eigenvalue weighted by atomic mass is 16.5. The van der Waals surface area contributed by atoms with Gasteiger partial charge in [0.05, 0.1) is 12.1 Å². The van der Waals surface area contributed by atoms with Crippen LogP contribution in [0, 0.1) is 0 Å². The first-order valence-electron chi connectivity index (χ1n) is 7.23. The second-order valence-electron chi connectivity index (χ2n) is 5.23. The second kappa shape index (κ2) is 6.35. The molecule has 2 atom stereocenters. The molecule has 2 heteroatoms. The summed E-state index contributed by atoms with van der Waals surface area (Å²) < 4.78 is 5.72. The molecule has 0 radical (unpaired) electrons. The fourth-order valence-corrected chi connectivity index (χ4v) is 2.67. The molecule has 0 bridgehead atoms. The van der Waals surface area contributed by atoms with E-state index in [1.54, 1.807) is 0 Å². The van der Waals surface area contributed by atoms with Gasteiger partial charge in [0.1, 0.15) is 0 Å². The van der Waals surface area contributed by atoms with Crippen molar-refractivity contribution >= 4 is 0 Å². The number of benzene rings is 1. The average Bonchev–Trinajstić information content (AvgIpc) is 2.33. The lowest BCUT2D eigenvalue weighted by molar-refractivity contribution is 0.0413. The minimum atomic E-state index is -0.00465. The van der Waals surface area contributed by atoms with Crippen LogP contribution in [-0.2, 0) is 4.74 Å². The van der Waals surface area contributed by atoms with Crippen LogP contribution in [0.15, 0.2) is 24.3 Å². The van der Waals surface area contributed by atoms with E-state index in [0.717, 1.165) is 18.9 Å². The van der Waals surface area contributed by atoms with Gasteiger partial charge in [-0.05, 0) is 43.2 Å². The van der Waals surface area contributed by atoms with Gasteiger partial charge in [-0.1, -0.05) is 37.6 Å². The van der Waals surface area contributed by atoms with Crippen LogP contribution >= 0.6 is 0 Å². The Hall–Kier alpha value is -0.860. The third kappa shape index (κ3) is 2.93. The first-order chi connectivity index (χ1) is 8.76. The van der Waals surface area contributed by atoms with Crippen LogP contribution in [0.3, 0.4) is 0 Å². The van der Waals surface area contributed by atoms with E-state index >= 15 is 0 Å². The van der Waals surface area contributed by atoms with Crippen molar-refractivity contribution in [1.29, 1.82) is 0 Å². The molecule has 0 heterocycles. The Morgan fingerprint density at radius 1 is 1.33 bits per heavy atom. The van der Waals surface area contributed by atoms with Crippen LogP contribution < -0.4 is 5.73 Å². The maximum Gasteiger partial charge on any atom is 0.0764 e. The highest BCUT2D eigenvalue weighted by molar-refractivity contribution is 5.30. The molecule has 0 saturated heterocycles. The predicted molar refractivity (Wildman–Crippen MR) is 75.7 cm³/mol. The van der Waals surface area contributed by atoms with Gasteiger partial charge >= 0.3 is 0 Å². The highest BCUT2D eigenvalue weighted by Gasteiger charge is 2.22. The highest BCUT2D eigenvalue weighted by Crippen LogP contribution is 2.37. The molecule has 0 aliphatic heterocycles. The van der Waals surface area contributed by atoms with Gasteiger partial charge in [0.25, 0.3) is 0 Å². The second-order valence-corrected chi connectivity index (χ2v) is 5.23. The Balaban J connectivity index is 2.10. The summed E-state index contributed by atoms with van der Waals surface area (Å²) in [6.07, 6.45) is 5.13. The van der Waals surface area contributed by atoms with Gasteiger partial charge in [-0.2, -0.15) is 0 Å². The lowest BCUT2D eigenvalue weighted by atomic mass is 9.79. The summed E-state index contributed by atoms with van der Waals surface area (Å²) in [5.41, 5.74) is 9.02. The summed E-state index contributed by atoms with van der Waals surface area (Å²) in [4.78, 5) is 0. The zero-order chi connectivity index (χ0) is 13.0. The van der Waals surface area contributed by atoms with Crippen LogP contribution in [-0.4, -0.2) is 12.7 Å². The Bertz CT molecular complexity index is 373. The fourth-order valence-electron chi connectivity index (χ4n) is 2.67. The SMILES string of the molecule is CCOC(CC)C(N)c1cccc(C2CCC2)c1. The van der Waals surface area contributed by atoms with Gasteiger partial charge in [-0.15, -0.1) is 0 Å². The molecule has 0 aromatic heterocycles. The molecule has 0 spiro atoms. The van der Waals surface area contributed by atoms with Gasteiger partial charge in [0, 0.05) is 6.61 Å². The van der Waals surface area contributed by atoms with Crippen LogP contribution in [0.5, 0.6) is 0 Å². The van der Waals surface area contributed by atoms with E-state index in [9.17, 15) is 0 Å². The summed E-state index contributed by atoms with van der Waals surface area (Å²) in [6.45, 7) is 4.89. The molecule has 18 heavy (non-hydrogen) atoms. The number of hydrogen-bond acceptors (Lipinski definition) is 2. The Labute approximate surface area is 111 Å². The molecule has 2 nitrogen and oxygen atoms in total. The summed E-state index contributed by atoms with van der Waals surface area (Å²) in [6, 6.07) is 8.79. The molecule has 1 aliphatic rings. The number of ether oxygens (including phenoxy) is 1. The fraction of sp³-hybridized carbons (Fsp3) is 0.625. The van der Waals surface area contributed by atoms with Crippen molar-refractivity contribution in [2.75, 3.05) is 6.61 Å². The average molecular weight is 247 g/mol. The Morgan fingerprint density at radius 3 is 2.67 bits per heavy atom. The van der Waals surface area contributed by atoms with Gasteiger partial charge in [-0.25, -0.2) is 0 Å². The van der Waals surface area contributed by atoms with Crippen molar-refractivity contribution in [1.82, 2.24) is 0 Å². The van der Waals surface area contributed by atoms with Gasteiger partial charge in [0.2, 0.25) is 0 Å². The first-order valence-corrected chi connectivity index (χ1v) is 7.23. The molecule has 1 aromatic rings. The third-order valence-electron chi connectivity index (χ3n) is 4.06. The lowest BCUT2D eigenvalue weighted by Gasteiger charge is -2.28. The molecule has 100 valence electrons. The molecule has 2 rings (SSSR count). The van der Waals surface area contributed by atoms with Crippen LogP contribution in [0.25, 0.3) is 0 Å². The zero-order valence-electron chi connectivity index (χ0n) is 11.6. The van der Waals surface area contributed by atoms with Crippen molar-refractivity contribution in [2.24, 2.45) is 5.73 Å². The monoisotopic (exact) mass is 247 g/mol. The van der Waals surface area contributed by atoms with E-state index in [0.29, 0.717) is 0 Å². The maximum absolute atomic E-state index is 6.34. The molecule has 1 fully saturated rings. The summed E-state index contributed by atoms with van der Waals surface area (Å²) >= 11 is 0. The zero-order valence-corrected chi connectivity index (χ0v) is 11.6. The van der Waals surface area contributed by atoms with Gasteiger partial charge in [0.15, 0.2) is 0 Å². The smallest absolute Gasteiger partial charge is 0.0764 e. The van der Waals surface area contributed by atoms with Crippen molar-refractivity contribution in [3.05, 3.63) is 35.4 Å². The number of hydrogen-bond donors (Lipinski definition) is 1. The minimum absolute atomic E-state index is 0.00465. The summed E-state index contributed by atoms with van der Waals surface area (Å²) in [5.74, 6) is 0.768. The van der Waals surface area contributed by atoms with E-state index in [2.05, 4.69) is 31.2 Å². The summed E-state index contributed by atoms with van der Waals surface area (Å²) in [7, 11) is 0. The number of nitrogens with two attached hydrogens (primary N) is 1. The maximum atomic E-state index is 6.34. The molecule has 0 amide bonds. The minimum Gasteiger partial charge on any atom is -0.377 e. The van der Waals surface area contributed by atoms with E-state index in [4.69, 9.17) is 10.5 Å². The first kappa shape index (κ1) is 13.6. The standard InChI is InChI=1S/C16H25NO/c1-3-15(18-4-2)16(17)14-10-6-9-13(11-14)12-7-5-8-12/h6,9-12,15-16H,3-5,7-8,17H2,1-2H3. The largest absolute Gasteiger partial charge is 0.377 e. The van der Waals surface area contributed by atoms with Crippen molar-refractivity contribution in [3.8, 4) is 0 Å². The lowest BCUT2D eigenvalue weighted by Crippen LogP contribution is -2.28. The molecule has 1 saturated carbocycles. The van der Waals surface area contributed by atoms with E-state index in [1.165, 1.54) is 30.4 Å². The molecular formula is C16H25NO. The van der Waals surface area contributed by atoms with Gasteiger partial charge < -0.3 is 10.5 Å². The molecule has 1 aromatic carbocycles. The van der Waals surface area contributed by atoms with Crippen LogP contribution in [0.1, 0.15) is 62.6 Å². The molecule has 2 unspecified atom stereocenters. The topological polar surface area (TPSA) is 35.2 Å². The van der Waals surface area contributed by atoms with Crippen LogP contribution in [0.2, 0.25) is 0 Å². The normalized spacial score (nSPS) is 19.3. The van der Waals surface area contributed by atoms with E-state index in [-0.39, 0.29) is 12.1 Å². The van der Waals surface area contributed by atoms with Gasteiger partial charge in [-0.3, -0.25) is 0 Å². The van der Waals surface area contributed by atoms with E-state index in [1.807, 2.05) is 6.92 Å². The summed E-state index contributed by atoms with van der Waals surface area (Å²) in [5, 5.41) is 0. The molecule has 1 aliphatic carbocycles. The molecule has 2 N–H and O–H groups in total. The number of rotatable bonds is 6. The van der Waals surface area contributed by atoms with E-state index < -0.39 is 0 Å². The van der Waals surface area contributed by atoms with Crippen molar-refractivity contribution in [2.45, 2.75) is 57.6 Å². The Kier molecular flexibility index (Phi) is 4.79. The molecular weight excluding hydrogens is 222 g/mol. The Morgan fingerprint density at radius 2 is 2.11 bits per heavy atom. The third-order valence-corrected chi connectivity index (χ3v) is 4.06. The van der Waals surface area contributed by atoms with Crippen molar-refractivity contribution < 1.29 is 4.74 Å². The quantitative estimate of drug-likeness (QED) is 0.830. The predicted octanol–water partition coefficient (Wildman–Crippen LogP) is 3.77. The van der Waals surface area contributed by atoms with Crippen molar-refractivity contribution in [3.63, 3.8) is 0 Å². The van der Waals surface area contributed by atoms with Crippen LogP contribution in [0.4, 0.5) is 0 Å².